The van der Waals surface area contributed by atoms with Gasteiger partial charge in [-0.2, -0.15) is 13.2 Å². The van der Waals surface area contributed by atoms with E-state index < -0.39 is 17.7 Å². The van der Waals surface area contributed by atoms with Gasteiger partial charge in [0, 0.05) is 5.39 Å². The molecule has 0 saturated heterocycles. The van der Waals surface area contributed by atoms with Gasteiger partial charge < -0.3 is 5.11 Å². The number of carboxylic acid groups (broad SMARTS) is 1. The normalized spacial score (nSPS) is 18.1. The second-order valence-electron chi connectivity index (χ2n) is 7.44. The minimum Gasteiger partial charge on any atom is -0.478 e. The Hall–Kier alpha value is -3.15. The summed E-state index contributed by atoms with van der Waals surface area (Å²) in [5.74, 6) is -0.868. The van der Waals surface area contributed by atoms with Crippen LogP contribution in [0.4, 0.5) is 13.2 Å². The fraction of sp³-hybridized carbons (Fsp3) is 0.217. The van der Waals surface area contributed by atoms with Crippen LogP contribution in [0.3, 0.4) is 0 Å². The maximum absolute atomic E-state index is 13.1. The number of para-hydroxylation sites is 1. The van der Waals surface area contributed by atoms with Crippen LogP contribution in [-0.4, -0.2) is 16.1 Å². The van der Waals surface area contributed by atoms with Crippen LogP contribution >= 0.6 is 0 Å². The summed E-state index contributed by atoms with van der Waals surface area (Å²) in [5, 5.41) is 10.4. The summed E-state index contributed by atoms with van der Waals surface area (Å²) in [6, 6.07) is 12.2. The van der Waals surface area contributed by atoms with Gasteiger partial charge in [0.15, 0.2) is 0 Å². The number of rotatable bonds is 2. The first kappa shape index (κ1) is 19.2. The number of aromatic nitrogens is 1. The fourth-order valence-electron chi connectivity index (χ4n) is 3.99. The molecule has 0 aliphatic heterocycles. The maximum Gasteiger partial charge on any atom is 0.416 e. The highest BCUT2D eigenvalue weighted by Gasteiger charge is 2.31. The van der Waals surface area contributed by atoms with Crippen LogP contribution in [0.1, 0.15) is 46.1 Å². The lowest BCUT2D eigenvalue weighted by molar-refractivity contribution is -0.137. The predicted octanol–water partition coefficient (Wildman–Crippen LogP) is 6.07. The van der Waals surface area contributed by atoms with Crippen molar-refractivity contribution in [1.29, 1.82) is 0 Å². The summed E-state index contributed by atoms with van der Waals surface area (Å²) in [6.45, 7) is 2.00. The van der Waals surface area contributed by atoms with Gasteiger partial charge in [-0.1, -0.05) is 37.3 Å². The topological polar surface area (TPSA) is 50.2 Å². The van der Waals surface area contributed by atoms with Crippen molar-refractivity contribution in [2.24, 2.45) is 5.92 Å². The Kier molecular flexibility index (Phi) is 4.65. The number of nitrogens with zero attached hydrogens (tertiary/aromatic N) is 1. The Morgan fingerprint density at radius 1 is 1.14 bits per heavy atom. The predicted molar refractivity (Wildman–Crippen MR) is 106 cm³/mol. The summed E-state index contributed by atoms with van der Waals surface area (Å²) >= 11 is 0. The van der Waals surface area contributed by atoms with Crippen molar-refractivity contribution in [3.05, 3.63) is 76.5 Å². The van der Waals surface area contributed by atoms with E-state index in [0.29, 0.717) is 40.6 Å². The maximum atomic E-state index is 13.1. The first-order valence-corrected chi connectivity index (χ1v) is 9.27. The van der Waals surface area contributed by atoms with Crippen LogP contribution in [0.5, 0.6) is 0 Å². The van der Waals surface area contributed by atoms with Gasteiger partial charge in [-0.25, -0.2) is 9.78 Å². The summed E-state index contributed by atoms with van der Waals surface area (Å²) < 4.78 is 39.2. The van der Waals surface area contributed by atoms with Gasteiger partial charge in [0.05, 0.1) is 22.3 Å². The Balaban J connectivity index is 1.93. The highest BCUT2D eigenvalue weighted by Crippen LogP contribution is 2.39. The van der Waals surface area contributed by atoms with Gasteiger partial charge >= 0.3 is 12.1 Å². The SMILES string of the molecule is C[C@@H]1C/C(=C\c2cccc(C(F)(F)F)c2)c2nc3ccccc3c(C(=O)O)c2C1. The van der Waals surface area contributed by atoms with Crippen LogP contribution in [0.25, 0.3) is 22.6 Å². The third kappa shape index (κ3) is 3.62. The zero-order valence-corrected chi connectivity index (χ0v) is 15.6. The molecule has 1 aliphatic rings. The lowest BCUT2D eigenvalue weighted by Gasteiger charge is -2.26. The van der Waals surface area contributed by atoms with E-state index in [4.69, 9.17) is 0 Å². The standard InChI is InChI=1S/C23H18F3NO2/c1-13-9-15(11-14-5-4-6-16(12-14)23(24,25)26)21-18(10-13)20(22(28)29)17-7-2-3-8-19(17)27-21/h2-8,11-13H,9-10H2,1H3,(H,28,29)/b15-11+/t13-/m1/s1. The van der Waals surface area contributed by atoms with E-state index in [-0.39, 0.29) is 11.5 Å². The van der Waals surface area contributed by atoms with Crippen molar-refractivity contribution in [1.82, 2.24) is 4.98 Å². The molecule has 0 unspecified atom stereocenters. The number of fused-ring (bicyclic) bond motifs is 2. The number of carboxylic acids is 1. The molecule has 0 fully saturated rings. The lowest BCUT2D eigenvalue weighted by atomic mass is 9.80. The zero-order chi connectivity index (χ0) is 20.8. The van der Waals surface area contributed by atoms with E-state index in [1.54, 1.807) is 36.4 Å². The van der Waals surface area contributed by atoms with Crippen LogP contribution < -0.4 is 0 Å². The molecule has 0 spiro atoms. The van der Waals surface area contributed by atoms with Gasteiger partial charge in [-0.3, -0.25) is 0 Å². The molecule has 0 bridgehead atoms. The Bertz CT molecular complexity index is 1150. The molecule has 4 rings (SSSR count). The van der Waals surface area contributed by atoms with Gasteiger partial charge in [0.2, 0.25) is 0 Å². The van der Waals surface area contributed by atoms with Crippen LogP contribution in [0.15, 0.2) is 48.5 Å². The van der Waals surface area contributed by atoms with E-state index in [1.165, 1.54) is 6.07 Å². The van der Waals surface area contributed by atoms with Crippen molar-refractivity contribution in [2.75, 3.05) is 0 Å². The molecule has 148 valence electrons. The minimum absolute atomic E-state index is 0.153. The molecule has 1 heterocycles. The van der Waals surface area contributed by atoms with E-state index in [1.807, 2.05) is 6.92 Å². The molecular weight excluding hydrogens is 379 g/mol. The number of hydrogen-bond acceptors (Lipinski definition) is 2. The molecular formula is C23H18F3NO2. The highest BCUT2D eigenvalue weighted by atomic mass is 19.4. The second-order valence-corrected chi connectivity index (χ2v) is 7.44. The third-order valence-corrected chi connectivity index (χ3v) is 5.19. The van der Waals surface area contributed by atoms with E-state index >= 15 is 0 Å². The number of aromatic carboxylic acids is 1. The number of benzene rings is 2. The summed E-state index contributed by atoms with van der Waals surface area (Å²) in [4.78, 5) is 16.7. The largest absolute Gasteiger partial charge is 0.478 e. The van der Waals surface area contributed by atoms with Crippen molar-refractivity contribution in [3.63, 3.8) is 0 Å². The van der Waals surface area contributed by atoms with Crippen molar-refractivity contribution in [2.45, 2.75) is 25.9 Å². The van der Waals surface area contributed by atoms with Gasteiger partial charge in [0.25, 0.3) is 0 Å². The monoisotopic (exact) mass is 397 g/mol. The highest BCUT2D eigenvalue weighted by molar-refractivity contribution is 6.05. The Morgan fingerprint density at radius 2 is 1.90 bits per heavy atom. The third-order valence-electron chi connectivity index (χ3n) is 5.19. The van der Waals surface area contributed by atoms with Crippen molar-refractivity contribution < 1.29 is 23.1 Å². The molecule has 0 amide bonds. The Labute approximate surface area is 165 Å². The average Bonchev–Trinajstić information content (AvgIpc) is 2.65. The molecule has 29 heavy (non-hydrogen) atoms. The number of pyridine rings is 1. The van der Waals surface area contributed by atoms with Crippen LogP contribution in [0, 0.1) is 5.92 Å². The van der Waals surface area contributed by atoms with Gasteiger partial charge in [-0.15, -0.1) is 0 Å². The van der Waals surface area contributed by atoms with E-state index in [0.717, 1.165) is 17.7 Å². The number of hydrogen-bond donors (Lipinski definition) is 1. The molecule has 3 nitrogen and oxygen atoms in total. The van der Waals surface area contributed by atoms with Crippen molar-refractivity contribution in [3.8, 4) is 0 Å². The van der Waals surface area contributed by atoms with Crippen molar-refractivity contribution >= 4 is 28.5 Å². The first-order valence-electron chi connectivity index (χ1n) is 9.27. The molecule has 1 aromatic heterocycles. The lowest BCUT2D eigenvalue weighted by Crippen LogP contribution is -2.17. The smallest absolute Gasteiger partial charge is 0.416 e. The second kappa shape index (κ2) is 7.03. The fourth-order valence-corrected chi connectivity index (χ4v) is 3.99. The summed E-state index contributed by atoms with van der Waals surface area (Å²) in [5.41, 5.74) is 2.46. The molecule has 6 heteroatoms. The number of alkyl halides is 3. The minimum atomic E-state index is -4.42. The van der Waals surface area contributed by atoms with Crippen LogP contribution in [0.2, 0.25) is 0 Å². The number of allylic oxidation sites excluding steroid dienone is 1. The van der Waals surface area contributed by atoms with E-state index in [9.17, 15) is 23.1 Å². The molecule has 1 aliphatic carbocycles. The van der Waals surface area contributed by atoms with E-state index in [2.05, 4.69) is 4.98 Å². The molecule has 0 radical (unpaired) electrons. The Morgan fingerprint density at radius 3 is 2.62 bits per heavy atom. The molecule has 0 saturated carbocycles. The molecule has 1 N–H and O–H groups in total. The van der Waals surface area contributed by atoms with Gasteiger partial charge in [0.1, 0.15) is 0 Å². The number of carbonyl (C=O) groups is 1. The quantitative estimate of drug-likeness (QED) is 0.571. The molecule has 2 aromatic carbocycles. The average molecular weight is 397 g/mol. The molecule has 3 aromatic rings. The van der Waals surface area contributed by atoms with Crippen LogP contribution in [-0.2, 0) is 12.6 Å². The summed E-state index contributed by atoms with van der Waals surface area (Å²) in [6.07, 6.45) is -1.54. The first-order chi connectivity index (χ1) is 13.7. The zero-order valence-electron chi connectivity index (χ0n) is 15.6. The number of halogens is 3. The molecule has 1 atom stereocenters. The van der Waals surface area contributed by atoms with Gasteiger partial charge in [-0.05, 0) is 59.7 Å². The summed E-state index contributed by atoms with van der Waals surface area (Å²) in [7, 11) is 0.